The van der Waals surface area contributed by atoms with Crippen LogP contribution < -0.4 is 16.4 Å². The van der Waals surface area contributed by atoms with Crippen molar-refractivity contribution in [2.45, 2.75) is 69.9 Å². The Kier molecular flexibility index (Phi) is 10.9. The lowest BCUT2D eigenvalue weighted by atomic mass is 9.86. The number of aliphatic hydroxyl groups is 3. The van der Waals surface area contributed by atoms with Crippen LogP contribution in [0, 0.1) is 5.41 Å². The maximum absolute atomic E-state index is 12.9. The Morgan fingerprint density at radius 1 is 0.944 bits per heavy atom. The Morgan fingerprint density at radius 2 is 1.50 bits per heavy atom. The van der Waals surface area contributed by atoms with E-state index in [2.05, 4.69) is 10.6 Å². The summed E-state index contributed by atoms with van der Waals surface area (Å²) < 4.78 is 0. The molecule has 0 aliphatic heterocycles. The molecule has 0 bridgehead atoms. The van der Waals surface area contributed by atoms with Crippen molar-refractivity contribution in [2.24, 2.45) is 11.1 Å². The van der Waals surface area contributed by atoms with Crippen LogP contribution in [0.2, 0.25) is 0 Å². The van der Waals surface area contributed by atoms with Crippen molar-refractivity contribution in [3.63, 3.8) is 0 Å². The third-order valence-electron chi connectivity index (χ3n) is 6.44. The van der Waals surface area contributed by atoms with E-state index in [0.29, 0.717) is 6.42 Å². The smallest absolute Gasteiger partial charge is 0.406 e. The van der Waals surface area contributed by atoms with Gasteiger partial charge in [0.2, 0.25) is 5.91 Å². The number of rotatable bonds is 14. The highest BCUT2D eigenvalue weighted by atomic mass is 16.4. The SMILES string of the molecule is CC(C)(CCO)C(=O)NC(Cc1ccccc1)C(O)CCC(O)C(N)(Cc1ccccc1)NC(=O)O. The number of aliphatic hydroxyl groups excluding tert-OH is 3. The van der Waals surface area contributed by atoms with E-state index in [9.17, 15) is 30.0 Å². The maximum atomic E-state index is 12.9. The van der Waals surface area contributed by atoms with Gasteiger partial charge in [0.25, 0.3) is 0 Å². The molecule has 9 nitrogen and oxygen atoms in total. The number of hydrogen-bond acceptors (Lipinski definition) is 6. The van der Waals surface area contributed by atoms with E-state index in [1.807, 2.05) is 36.4 Å². The van der Waals surface area contributed by atoms with Gasteiger partial charge in [0, 0.05) is 18.4 Å². The number of carbonyl (C=O) groups is 2. The molecule has 198 valence electrons. The molecule has 4 atom stereocenters. The number of nitrogens with two attached hydrogens (primary N) is 1. The largest absolute Gasteiger partial charge is 0.465 e. The van der Waals surface area contributed by atoms with Crippen molar-refractivity contribution in [3.8, 4) is 0 Å². The van der Waals surface area contributed by atoms with Crippen LogP contribution in [0.1, 0.15) is 44.2 Å². The number of nitrogens with one attached hydrogen (secondary N) is 2. The van der Waals surface area contributed by atoms with Crippen molar-refractivity contribution >= 4 is 12.0 Å². The number of benzene rings is 2. The molecule has 0 fully saturated rings. The van der Waals surface area contributed by atoms with Crippen molar-refractivity contribution < 1.29 is 30.0 Å². The fourth-order valence-electron chi connectivity index (χ4n) is 4.07. The average molecular weight is 502 g/mol. The number of carbonyl (C=O) groups excluding carboxylic acids is 1. The van der Waals surface area contributed by atoms with Gasteiger partial charge < -0.3 is 36.8 Å². The fraction of sp³-hybridized carbons (Fsp3) is 0.481. The third kappa shape index (κ3) is 8.91. The highest BCUT2D eigenvalue weighted by Gasteiger charge is 2.37. The Bertz CT molecular complexity index is 956. The van der Waals surface area contributed by atoms with Gasteiger partial charge in [-0.2, -0.15) is 0 Å². The van der Waals surface area contributed by atoms with Gasteiger partial charge in [0.05, 0.1) is 18.2 Å². The fourth-order valence-corrected chi connectivity index (χ4v) is 4.07. The standard InChI is InChI=1S/C27H39N3O6/c1-26(2,15-16-31)24(34)29-21(17-19-9-5-3-6-10-19)22(32)13-14-23(33)27(28,30-25(35)36)18-20-11-7-4-8-12-20/h3-12,21-23,30-33H,13-18,28H2,1-2H3,(H,29,34)(H,35,36). The topological polar surface area (TPSA) is 165 Å². The van der Waals surface area contributed by atoms with Gasteiger partial charge in [0.1, 0.15) is 5.66 Å². The molecule has 0 aliphatic carbocycles. The van der Waals surface area contributed by atoms with Crippen LogP contribution >= 0.6 is 0 Å². The first-order chi connectivity index (χ1) is 17.0. The second-order valence-electron chi connectivity index (χ2n) is 9.92. The van der Waals surface area contributed by atoms with Crippen LogP contribution in [0.3, 0.4) is 0 Å². The van der Waals surface area contributed by atoms with E-state index in [1.165, 1.54) is 0 Å². The van der Waals surface area contributed by atoms with Crippen LogP contribution in [-0.4, -0.2) is 62.9 Å². The zero-order valence-electron chi connectivity index (χ0n) is 20.9. The second kappa shape index (κ2) is 13.4. The summed E-state index contributed by atoms with van der Waals surface area (Å²) in [5.74, 6) is -0.304. The Hall–Kier alpha value is -2.98. The molecule has 2 amide bonds. The van der Waals surface area contributed by atoms with Crippen molar-refractivity contribution in [2.75, 3.05) is 6.61 Å². The van der Waals surface area contributed by atoms with Gasteiger partial charge in [-0.05, 0) is 36.8 Å². The third-order valence-corrected chi connectivity index (χ3v) is 6.44. The van der Waals surface area contributed by atoms with Crippen LogP contribution in [0.25, 0.3) is 0 Å². The van der Waals surface area contributed by atoms with Crippen LogP contribution in [-0.2, 0) is 17.6 Å². The van der Waals surface area contributed by atoms with Gasteiger partial charge >= 0.3 is 6.09 Å². The predicted octanol–water partition coefficient (Wildman–Crippen LogP) is 1.79. The van der Waals surface area contributed by atoms with Gasteiger partial charge in [-0.1, -0.05) is 74.5 Å². The molecule has 4 unspecified atom stereocenters. The Labute approximate surface area is 212 Å². The van der Waals surface area contributed by atoms with E-state index in [1.54, 1.807) is 38.1 Å². The van der Waals surface area contributed by atoms with Crippen LogP contribution in [0.5, 0.6) is 0 Å². The number of carboxylic acid groups (broad SMARTS) is 1. The Morgan fingerprint density at radius 3 is 2.03 bits per heavy atom. The first kappa shape index (κ1) is 29.3. The van der Waals surface area contributed by atoms with Crippen LogP contribution in [0.15, 0.2) is 60.7 Å². The molecule has 2 aromatic carbocycles. The molecular formula is C27H39N3O6. The zero-order chi connectivity index (χ0) is 26.8. The molecule has 0 saturated carbocycles. The summed E-state index contributed by atoms with van der Waals surface area (Å²) in [5.41, 5.74) is 5.46. The van der Waals surface area contributed by atoms with Gasteiger partial charge in [-0.15, -0.1) is 0 Å². The lowest BCUT2D eigenvalue weighted by molar-refractivity contribution is -0.131. The molecule has 9 heteroatoms. The summed E-state index contributed by atoms with van der Waals surface area (Å²) in [6.07, 6.45) is -2.99. The average Bonchev–Trinajstić information content (AvgIpc) is 2.82. The molecule has 2 aromatic rings. The first-order valence-corrected chi connectivity index (χ1v) is 12.1. The summed E-state index contributed by atoms with van der Waals surface area (Å²) in [6.45, 7) is 3.30. The summed E-state index contributed by atoms with van der Waals surface area (Å²) in [6, 6.07) is 17.7. The van der Waals surface area contributed by atoms with E-state index < -0.39 is 35.4 Å². The quantitative estimate of drug-likeness (QED) is 0.194. The predicted molar refractivity (Wildman–Crippen MR) is 137 cm³/mol. The van der Waals surface area contributed by atoms with E-state index in [4.69, 9.17) is 5.73 Å². The molecule has 0 heterocycles. The maximum Gasteiger partial charge on any atom is 0.406 e. The summed E-state index contributed by atoms with van der Waals surface area (Å²) in [7, 11) is 0. The first-order valence-electron chi connectivity index (χ1n) is 12.1. The van der Waals surface area contributed by atoms with E-state index in [0.717, 1.165) is 11.1 Å². The minimum Gasteiger partial charge on any atom is -0.465 e. The lowest BCUT2D eigenvalue weighted by Gasteiger charge is -2.35. The Balaban J connectivity index is 2.15. The van der Waals surface area contributed by atoms with Crippen molar-refractivity contribution in [3.05, 3.63) is 71.8 Å². The molecule has 8 N–H and O–H groups in total. The van der Waals surface area contributed by atoms with E-state index >= 15 is 0 Å². The molecule has 36 heavy (non-hydrogen) atoms. The molecule has 0 radical (unpaired) electrons. The molecule has 0 aromatic heterocycles. The van der Waals surface area contributed by atoms with E-state index in [-0.39, 0.29) is 38.2 Å². The molecular weight excluding hydrogens is 462 g/mol. The molecule has 0 spiro atoms. The monoisotopic (exact) mass is 501 g/mol. The number of hydrogen-bond donors (Lipinski definition) is 7. The summed E-state index contributed by atoms with van der Waals surface area (Å²) >= 11 is 0. The zero-order valence-corrected chi connectivity index (χ0v) is 20.9. The highest BCUT2D eigenvalue weighted by Crippen LogP contribution is 2.23. The number of amides is 2. The van der Waals surface area contributed by atoms with Gasteiger partial charge in [-0.25, -0.2) is 4.79 Å². The summed E-state index contributed by atoms with van der Waals surface area (Å²) in [5, 5.41) is 45.7. The van der Waals surface area contributed by atoms with Crippen molar-refractivity contribution in [1.82, 2.24) is 10.6 Å². The minimum atomic E-state index is -1.67. The minimum absolute atomic E-state index is 0.00796. The van der Waals surface area contributed by atoms with Gasteiger partial charge in [0.15, 0.2) is 0 Å². The second-order valence-corrected chi connectivity index (χ2v) is 9.92. The van der Waals surface area contributed by atoms with Gasteiger partial charge in [-0.3, -0.25) is 4.79 Å². The molecule has 2 rings (SSSR count). The lowest BCUT2D eigenvalue weighted by Crippen LogP contribution is -2.64. The normalized spacial score (nSPS) is 15.8. The van der Waals surface area contributed by atoms with Crippen molar-refractivity contribution in [1.29, 1.82) is 0 Å². The van der Waals surface area contributed by atoms with Crippen LogP contribution in [0.4, 0.5) is 4.79 Å². The molecule has 0 aliphatic rings. The molecule has 0 saturated heterocycles. The highest BCUT2D eigenvalue weighted by molar-refractivity contribution is 5.82. The summed E-state index contributed by atoms with van der Waals surface area (Å²) in [4.78, 5) is 24.3.